The molecule has 0 aliphatic heterocycles. The van der Waals surface area contributed by atoms with Crippen molar-refractivity contribution >= 4 is 18.3 Å². The number of hydrogen-bond donors (Lipinski definition) is 1. The zero-order valence-electron chi connectivity index (χ0n) is 15.6. The van der Waals surface area contributed by atoms with Gasteiger partial charge in [-0.3, -0.25) is 14.4 Å². The highest BCUT2D eigenvalue weighted by Crippen LogP contribution is 2.37. The molecule has 0 spiro atoms. The summed E-state index contributed by atoms with van der Waals surface area (Å²) in [5, 5.41) is 3.01. The number of nitrogens with one attached hydrogen (secondary N) is 1. The van der Waals surface area contributed by atoms with Gasteiger partial charge in [0.25, 0.3) is 6.47 Å². The SMILES string of the molecule is C=CCCCCN(C)C(=O)C1CC(OC=O)CC1C(=O)NC1CC1C=C. The number of carbonyl (C=O) groups excluding carboxylic acids is 3. The molecule has 26 heavy (non-hydrogen) atoms. The Labute approximate surface area is 155 Å². The fourth-order valence-electron chi connectivity index (χ4n) is 3.71. The average Bonchev–Trinajstić information content (AvgIpc) is 3.24. The molecule has 1 N–H and O–H groups in total. The van der Waals surface area contributed by atoms with Crippen LogP contribution in [0.4, 0.5) is 0 Å². The highest BCUT2D eigenvalue weighted by Gasteiger charge is 2.46. The van der Waals surface area contributed by atoms with E-state index in [1.54, 1.807) is 11.9 Å². The summed E-state index contributed by atoms with van der Waals surface area (Å²) in [6.07, 6.45) is 7.86. The van der Waals surface area contributed by atoms with Crippen LogP contribution in [-0.2, 0) is 19.1 Å². The van der Waals surface area contributed by atoms with Gasteiger partial charge >= 0.3 is 0 Å². The van der Waals surface area contributed by atoms with Gasteiger partial charge in [0.2, 0.25) is 11.8 Å². The Hall–Kier alpha value is -2.11. The molecule has 6 nitrogen and oxygen atoms in total. The van der Waals surface area contributed by atoms with Crippen LogP contribution in [0.3, 0.4) is 0 Å². The summed E-state index contributed by atoms with van der Waals surface area (Å²) < 4.78 is 5.06. The normalized spacial score (nSPS) is 29.5. The van der Waals surface area contributed by atoms with E-state index >= 15 is 0 Å². The van der Waals surface area contributed by atoms with Crippen molar-refractivity contribution in [2.45, 2.75) is 50.7 Å². The quantitative estimate of drug-likeness (QED) is 0.347. The molecule has 0 bridgehead atoms. The summed E-state index contributed by atoms with van der Waals surface area (Å²) in [7, 11) is 1.77. The first-order chi connectivity index (χ1) is 12.5. The molecule has 0 aromatic carbocycles. The summed E-state index contributed by atoms with van der Waals surface area (Å²) >= 11 is 0. The molecule has 0 aromatic heterocycles. The number of ether oxygens (including phenoxy) is 1. The lowest BCUT2D eigenvalue weighted by Gasteiger charge is -2.24. The third kappa shape index (κ3) is 5.19. The van der Waals surface area contributed by atoms with Crippen LogP contribution in [0.15, 0.2) is 25.3 Å². The number of unbranched alkanes of at least 4 members (excludes halogenated alkanes) is 2. The molecular formula is C20H30N2O4. The van der Waals surface area contributed by atoms with Gasteiger partial charge in [-0.2, -0.15) is 0 Å². The first-order valence-corrected chi connectivity index (χ1v) is 9.39. The van der Waals surface area contributed by atoms with Crippen LogP contribution in [0.5, 0.6) is 0 Å². The molecule has 0 heterocycles. The molecule has 2 fully saturated rings. The molecule has 5 atom stereocenters. The molecule has 5 unspecified atom stereocenters. The lowest BCUT2D eigenvalue weighted by atomic mass is 9.93. The van der Waals surface area contributed by atoms with E-state index < -0.39 is 11.8 Å². The number of nitrogens with zero attached hydrogens (tertiary/aromatic N) is 1. The second-order valence-electron chi connectivity index (χ2n) is 7.33. The maximum Gasteiger partial charge on any atom is 0.293 e. The first-order valence-electron chi connectivity index (χ1n) is 9.39. The van der Waals surface area contributed by atoms with Crippen molar-refractivity contribution in [3.8, 4) is 0 Å². The molecule has 0 radical (unpaired) electrons. The van der Waals surface area contributed by atoms with E-state index in [1.165, 1.54) is 0 Å². The summed E-state index contributed by atoms with van der Waals surface area (Å²) in [6.45, 7) is 8.50. The minimum absolute atomic E-state index is 0.0446. The lowest BCUT2D eigenvalue weighted by molar-refractivity contribution is -0.140. The number of rotatable bonds is 11. The van der Waals surface area contributed by atoms with Gasteiger partial charge in [-0.1, -0.05) is 12.2 Å². The second kappa shape index (κ2) is 9.55. The van der Waals surface area contributed by atoms with Gasteiger partial charge in [0.05, 0.1) is 11.8 Å². The summed E-state index contributed by atoms with van der Waals surface area (Å²) in [4.78, 5) is 37.9. The van der Waals surface area contributed by atoms with Crippen molar-refractivity contribution < 1.29 is 19.1 Å². The monoisotopic (exact) mass is 362 g/mol. The molecule has 2 amide bonds. The van der Waals surface area contributed by atoms with Gasteiger partial charge in [-0.25, -0.2) is 0 Å². The fourth-order valence-corrected chi connectivity index (χ4v) is 3.71. The molecule has 2 saturated carbocycles. The largest absolute Gasteiger partial charge is 0.465 e. The van der Waals surface area contributed by atoms with Crippen molar-refractivity contribution in [2.75, 3.05) is 13.6 Å². The number of amides is 2. The maximum absolute atomic E-state index is 12.9. The number of hydrogen-bond acceptors (Lipinski definition) is 4. The van der Waals surface area contributed by atoms with Crippen LogP contribution < -0.4 is 5.32 Å². The van der Waals surface area contributed by atoms with Gasteiger partial charge in [-0.05, 0) is 44.4 Å². The van der Waals surface area contributed by atoms with E-state index in [1.807, 2.05) is 12.2 Å². The molecular weight excluding hydrogens is 332 g/mol. The standard InChI is InChI=1S/C20H30N2O4/c1-4-6-7-8-9-22(3)20(25)17-12-15(26-13-23)11-16(17)19(24)21-18-10-14(18)5-2/h4-5,13-18H,1-2,6-12H2,3H3,(H,21,24). The van der Waals surface area contributed by atoms with Crippen molar-refractivity contribution in [1.29, 1.82) is 0 Å². The fraction of sp³-hybridized carbons (Fsp3) is 0.650. The summed E-state index contributed by atoms with van der Waals surface area (Å²) in [5.74, 6) is -0.727. The topological polar surface area (TPSA) is 75.7 Å². The van der Waals surface area contributed by atoms with E-state index in [-0.39, 0.29) is 24.0 Å². The molecule has 144 valence electrons. The Morgan fingerprint density at radius 3 is 2.54 bits per heavy atom. The molecule has 2 aliphatic rings. The van der Waals surface area contributed by atoms with E-state index in [9.17, 15) is 14.4 Å². The van der Waals surface area contributed by atoms with E-state index in [4.69, 9.17) is 4.74 Å². The third-order valence-electron chi connectivity index (χ3n) is 5.42. The predicted octanol–water partition coefficient (Wildman–Crippen LogP) is 2.06. The van der Waals surface area contributed by atoms with Gasteiger partial charge in [-0.15, -0.1) is 13.2 Å². The first kappa shape index (κ1) is 20.2. The Kier molecular flexibility index (Phi) is 7.42. The van der Waals surface area contributed by atoms with Crippen molar-refractivity contribution in [3.05, 3.63) is 25.3 Å². The Balaban J connectivity index is 1.95. The van der Waals surface area contributed by atoms with E-state index in [0.717, 1.165) is 25.7 Å². The molecule has 0 aromatic rings. The minimum atomic E-state index is -0.450. The van der Waals surface area contributed by atoms with Gasteiger partial charge in [0.15, 0.2) is 0 Å². The average molecular weight is 362 g/mol. The van der Waals surface area contributed by atoms with Crippen LogP contribution in [-0.4, -0.2) is 48.9 Å². The number of allylic oxidation sites excluding steroid dienone is 1. The van der Waals surface area contributed by atoms with E-state index in [0.29, 0.717) is 31.8 Å². The molecule has 2 rings (SSSR count). The van der Waals surface area contributed by atoms with Crippen LogP contribution in [0.2, 0.25) is 0 Å². The second-order valence-corrected chi connectivity index (χ2v) is 7.33. The van der Waals surface area contributed by atoms with Gasteiger partial charge < -0.3 is 15.0 Å². The Bertz CT molecular complexity index is 548. The van der Waals surface area contributed by atoms with Crippen molar-refractivity contribution in [2.24, 2.45) is 17.8 Å². The van der Waals surface area contributed by atoms with E-state index in [2.05, 4.69) is 18.5 Å². The van der Waals surface area contributed by atoms with Crippen LogP contribution in [0, 0.1) is 17.8 Å². The Morgan fingerprint density at radius 1 is 1.19 bits per heavy atom. The summed E-state index contributed by atoms with van der Waals surface area (Å²) in [5.41, 5.74) is 0. The zero-order valence-corrected chi connectivity index (χ0v) is 15.6. The van der Waals surface area contributed by atoms with Crippen LogP contribution in [0.1, 0.15) is 38.5 Å². The molecule has 6 heteroatoms. The lowest BCUT2D eigenvalue weighted by Crippen LogP contribution is -2.41. The maximum atomic E-state index is 12.9. The minimum Gasteiger partial charge on any atom is -0.465 e. The highest BCUT2D eigenvalue weighted by atomic mass is 16.5. The smallest absolute Gasteiger partial charge is 0.293 e. The summed E-state index contributed by atoms with van der Waals surface area (Å²) in [6, 6.07) is 0.124. The van der Waals surface area contributed by atoms with Gasteiger partial charge in [0, 0.05) is 19.6 Å². The van der Waals surface area contributed by atoms with Gasteiger partial charge in [0.1, 0.15) is 6.10 Å². The molecule has 2 aliphatic carbocycles. The zero-order chi connectivity index (χ0) is 19.1. The Morgan fingerprint density at radius 2 is 1.92 bits per heavy atom. The van der Waals surface area contributed by atoms with Crippen molar-refractivity contribution in [1.82, 2.24) is 10.2 Å². The van der Waals surface area contributed by atoms with Crippen molar-refractivity contribution in [3.63, 3.8) is 0 Å². The van der Waals surface area contributed by atoms with Crippen LogP contribution >= 0.6 is 0 Å². The molecule has 0 saturated heterocycles. The third-order valence-corrected chi connectivity index (χ3v) is 5.42. The number of carbonyl (C=O) groups is 3. The highest BCUT2D eigenvalue weighted by molar-refractivity contribution is 5.88. The predicted molar refractivity (Wildman–Crippen MR) is 99.1 cm³/mol. The van der Waals surface area contributed by atoms with Crippen LogP contribution in [0.25, 0.3) is 0 Å².